The molecular weight excluding hydrogens is 472 g/mol. The number of carbonyl (C=O) groups excluding carboxylic acids is 1. The summed E-state index contributed by atoms with van der Waals surface area (Å²) in [5.74, 6) is -1.11. The van der Waals surface area contributed by atoms with E-state index in [0.717, 1.165) is 23.3 Å². The molecule has 0 fully saturated rings. The maximum Gasteiger partial charge on any atom is 0.312 e. The largest absolute Gasteiger partial charge is 0.487 e. The SMILES string of the molecule is Cc1cc(OCc2ccc(F)cc2F)c(Br)c(=O)n1Cc1ccc(CNC(N)=O)cc1. The van der Waals surface area contributed by atoms with E-state index in [0.29, 0.717) is 18.8 Å². The fourth-order valence-electron chi connectivity index (χ4n) is 2.95. The van der Waals surface area contributed by atoms with Crippen LogP contribution in [0.15, 0.2) is 57.8 Å². The Morgan fingerprint density at radius 1 is 1.13 bits per heavy atom. The Morgan fingerprint density at radius 2 is 1.81 bits per heavy atom. The molecule has 0 radical (unpaired) electrons. The molecule has 0 atom stereocenters. The summed E-state index contributed by atoms with van der Waals surface area (Å²) < 4.78 is 34.2. The standard InChI is InChI=1S/C22H20BrF2N3O3/c1-13-8-19(31-12-16-6-7-17(24)9-18(16)25)20(23)21(29)28(13)11-15-4-2-14(3-5-15)10-27-22(26)30/h2-9H,10-12H2,1H3,(H3,26,27,30). The smallest absolute Gasteiger partial charge is 0.312 e. The van der Waals surface area contributed by atoms with Gasteiger partial charge in [-0.2, -0.15) is 0 Å². The Labute approximate surface area is 185 Å². The summed E-state index contributed by atoms with van der Waals surface area (Å²) in [4.78, 5) is 23.6. The van der Waals surface area contributed by atoms with E-state index in [4.69, 9.17) is 10.5 Å². The van der Waals surface area contributed by atoms with Crippen molar-refractivity contribution in [3.05, 3.63) is 97.4 Å². The van der Waals surface area contributed by atoms with Gasteiger partial charge in [0.2, 0.25) is 0 Å². The minimum absolute atomic E-state index is 0.144. The molecule has 1 aromatic heterocycles. The fourth-order valence-corrected chi connectivity index (χ4v) is 3.39. The second-order valence-corrected chi connectivity index (χ2v) is 7.71. The van der Waals surface area contributed by atoms with Crippen molar-refractivity contribution in [2.24, 2.45) is 5.73 Å². The number of aromatic nitrogens is 1. The zero-order chi connectivity index (χ0) is 22.5. The molecule has 31 heavy (non-hydrogen) atoms. The van der Waals surface area contributed by atoms with Gasteiger partial charge in [0.05, 0.1) is 6.54 Å². The molecular formula is C22H20BrF2N3O3. The first-order chi connectivity index (χ1) is 14.7. The summed E-state index contributed by atoms with van der Waals surface area (Å²) in [5, 5.41) is 2.51. The van der Waals surface area contributed by atoms with Crippen molar-refractivity contribution in [3.63, 3.8) is 0 Å². The molecule has 9 heteroatoms. The van der Waals surface area contributed by atoms with Crippen LogP contribution in [0.5, 0.6) is 5.75 Å². The van der Waals surface area contributed by atoms with Gasteiger partial charge in [-0.3, -0.25) is 4.79 Å². The van der Waals surface area contributed by atoms with Crippen LogP contribution in [0.2, 0.25) is 0 Å². The van der Waals surface area contributed by atoms with Crippen molar-refractivity contribution >= 4 is 22.0 Å². The highest BCUT2D eigenvalue weighted by molar-refractivity contribution is 9.10. The summed E-state index contributed by atoms with van der Waals surface area (Å²) in [6.07, 6.45) is 0. The highest BCUT2D eigenvalue weighted by Gasteiger charge is 2.14. The Balaban J connectivity index is 1.75. The lowest BCUT2D eigenvalue weighted by atomic mass is 10.1. The van der Waals surface area contributed by atoms with Crippen molar-refractivity contribution in [2.45, 2.75) is 26.6 Å². The highest BCUT2D eigenvalue weighted by atomic mass is 79.9. The van der Waals surface area contributed by atoms with E-state index in [1.165, 1.54) is 6.07 Å². The predicted octanol–water partition coefficient (Wildman–Crippen LogP) is 3.99. The second kappa shape index (κ2) is 9.74. The number of amides is 2. The van der Waals surface area contributed by atoms with Crippen molar-refractivity contribution < 1.29 is 18.3 Å². The number of nitrogens with zero attached hydrogens (tertiary/aromatic N) is 1. The zero-order valence-electron chi connectivity index (χ0n) is 16.6. The van der Waals surface area contributed by atoms with E-state index in [1.807, 2.05) is 24.3 Å². The maximum atomic E-state index is 13.8. The highest BCUT2D eigenvalue weighted by Crippen LogP contribution is 2.24. The first kappa shape index (κ1) is 22.5. The van der Waals surface area contributed by atoms with Gasteiger partial charge in [-0.25, -0.2) is 13.6 Å². The lowest BCUT2D eigenvalue weighted by molar-refractivity contribution is 0.248. The number of ether oxygens (including phenoxy) is 1. The average Bonchev–Trinajstić information content (AvgIpc) is 2.73. The molecule has 0 spiro atoms. The molecule has 6 nitrogen and oxygen atoms in total. The lowest BCUT2D eigenvalue weighted by Crippen LogP contribution is -2.28. The van der Waals surface area contributed by atoms with Gasteiger partial charge in [-0.1, -0.05) is 24.3 Å². The molecule has 162 valence electrons. The summed E-state index contributed by atoms with van der Waals surface area (Å²) in [7, 11) is 0. The number of urea groups is 1. The zero-order valence-corrected chi connectivity index (χ0v) is 18.2. The molecule has 0 saturated heterocycles. The van der Waals surface area contributed by atoms with Crippen molar-refractivity contribution in [1.82, 2.24) is 9.88 Å². The third-order valence-corrected chi connectivity index (χ3v) is 5.37. The predicted molar refractivity (Wildman–Crippen MR) is 116 cm³/mol. The van der Waals surface area contributed by atoms with Crippen LogP contribution in [-0.4, -0.2) is 10.6 Å². The van der Waals surface area contributed by atoms with Crippen LogP contribution < -0.4 is 21.3 Å². The van der Waals surface area contributed by atoms with Crippen LogP contribution in [-0.2, 0) is 19.7 Å². The third-order valence-electron chi connectivity index (χ3n) is 4.64. The number of benzene rings is 2. The van der Waals surface area contributed by atoms with E-state index in [1.54, 1.807) is 17.6 Å². The number of nitrogens with two attached hydrogens (primary N) is 1. The van der Waals surface area contributed by atoms with E-state index in [2.05, 4.69) is 21.2 Å². The molecule has 0 aliphatic carbocycles. The van der Waals surface area contributed by atoms with Gasteiger partial charge in [0.15, 0.2) is 0 Å². The number of hydrogen-bond acceptors (Lipinski definition) is 3. The van der Waals surface area contributed by atoms with Crippen LogP contribution >= 0.6 is 15.9 Å². The van der Waals surface area contributed by atoms with Crippen LogP contribution in [0.1, 0.15) is 22.4 Å². The summed E-state index contributed by atoms with van der Waals surface area (Å²) in [6.45, 7) is 2.28. The van der Waals surface area contributed by atoms with E-state index >= 15 is 0 Å². The number of nitrogens with one attached hydrogen (secondary N) is 1. The molecule has 3 rings (SSSR count). The number of halogens is 3. The molecule has 2 amide bonds. The van der Waals surface area contributed by atoms with E-state index in [-0.39, 0.29) is 28.0 Å². The second-order valence-electron chi connectivity index (χ2n) is 6.91. The van der Waals surface area contributed by atoms with Gasteiger partial charge in [-0.05, 0) is 46.1 Å². The van der Waals surface area contributed by atoms with Crippen molar-refractivity contribution in [2.75, 3.05) is 0 Å². The number of pyridine rings is 1. The first-order valence-corrected chi connectivity index (χ1v) is 10.1. The van der Waals surface area contributed by atoms with Gasteiger partial charge in [0.1, 0.15) is 28.5 Å². The number of aryl methyl sites for hydroxylation is 1. The van der Waals surface area contributed by atoms with E-state index < -0.39 is 17.7 Å². The van der Waals surface area contributed by atoms with Gasteiger partial charge in [0.25, 0.3) is 5.56 Å². The van der Waals surface area contributed by atoms with Crippen molar-refractivity contribution in [1.29, 1.82) is 0 Å². The Kier molecular flexibility index (Phi) is 7.06. The normalized spacial score (nSPS) is 10.7. The van der Waals surface area contributed by atoms with Gasteiger partial charge in [0, 0.05) is 29.9 Å². The van der Waals surface area contributed by atoms with Gasteiger partial charge in [-0.15, -0.1) is 0 Å². The molecule has 0 unspecified atom stereocenters. The Morgan fingerprint density at radius 3 is 2.45 bits per heavy atom. The topological polar surface area (TPSA) is 86.3 Å². The molecule has 0 saturated carbocycles. The van der Waals surface area contributed by atoms with Crippen LogP contribution in [0, 0.1) is 18.6 Å². The Bertz CT molecular complexity index is 1160. The number of rotatable bonds is 7. The molecule has 3 N–H and O–H groups in total. The molecule has 0 aliphatic heterocycles. The maximum absolute atomic E-state index is 13.8. The molecule has 1 heterocycles. The quantitative estimate of drug-likeness (QED) is 0.523. The Hall–Kier alpha value is -3.20. The first-order valence-electron chi connectivity index (χ1n) is 9.32. The molecule has 2 aromatic carbocycles. The molecule has 0 aliphatic rings. The summed E-state index contributed by atoms with van der Waals surface area (Å²) in [5.41, 5.74) is 7.37. The molecule has 0 bridgehead atoms. The molecule has 3 aromatic rings. The minimum Gasteiger partial charge on any atom is -0.487 e. The summed E-state index contributed by atoms with van der Waals surface area (Å²) in [6, 6.07) is 11.7. The van der Waals surface area contributed by atoms with E-state index in [9.17, 15) is 18.4 Å². The van der Waals surface area contributed by atoms with Crippen LogP contribution in [0.3, 0.4) is 0 Å². The summed E-state index contributed by atoms with van der Waals surface area (Å²) >= 11 is 3.26. The van der Waals surface area contributed by atoms with Crippen LogP contribution in [0.25, 0.3) is 0 Å². The average molecular weight is 492 g/mol. The lowest BCUT2D eigenvalue weighted by Gasteiger charge is -2.15. The third kappa shape index (κ3) is 5.69. The van der Waals surface area contributed by atoms with Gasteiger partial charge < -0.3 is 20.4 Å². The van der Waals surface area contributed by atoms with Crippen molar-refractivity contribution in [3.8, 4) is 5.75 Å². The number of carbonyl (C=O) groups is 1. The fraction of sp³-hybridized carbons (Fsp3) is 0.182. The monoisotopic (exact) mass is 491 g/mol. The number of hydrogen-bond donors (Lipinski definition) is 2. The minimum atomic E-state index is -0.712. The number of primary amides is 1. The van der Waals surface area contributed by atoms with Crippen LogP contribution in [0.4, 0.5) is 13.6 Å². The van der Waals surface area contributed by atoms with Gasteiger partial charge >= 0.3 is 6.03 Å².